The highest BCUT2D eigenvalue weighted by molar-refractivity contribution is 5.93. The number of carbonyl (C=O) groups is 2. The summed E-state index contributed by atoms with van der Waals surface area (Å²) in [5.74, 6) is 1.31. The van der Waals surface area contributed by atoms with E-state index in [4.69, 9.17) is 0 Å². The third-order valence-corrected chi connectivity index (χ3v) is 8.06. The summed E-state index contributed by atoms with van der Waals surface area (Å²) >= 11 is 0. The van der Waals surface area contributed by atoms with E-state index >= 15 is 0 Å². The SMILES string of the molecule is CC1(C)CC2C3CCCC2(CC(=O)C(C=O)CC3)C1(C)C. The quantitative estimate of drug-likeness (QED) is 0.529. The summed E-state index contributed by atoms with van der Waals surface area (Å²) in [7, 11) is 0. The van der Waals surface area contributed by atoms with E-state index in [0.29, 0.717) is 12.3 Å². The fourth-order valence-electron chi connectivity index (χ4n) is 6.06. The van der Waals surface area contributed by atoms with Gasteiger partial charge in [0.15, 0.2) is 0 Å². The van der Waals surface area contributed by atoms with Crippen LogP contribution in [0.1, 0.15) is 72.6 Å². The minimum Gasteiger partial charge on any atom is -0.303 e. The van der Waals surface area contributed by atoms with Crippen molar-refractivity contribution in [2.45, 2.75) is 72.6 Å². The Morgan fingerprint density at radius 2 is 1.81 bits per heavy atom. The first-order chi connectivity index (χ1) is 9.75. The fraction of sp³-hybridized carbons (Fsp3) is 0.895. The topological polar surface area (TPSA) is 34.1 Å². The fourth-order valence-corrected chi connectivity index (χ4v) is 6.06. The highest BCUT2D eigenvalue weighted by Gasteiger charge is 2.66. The van der Waals surface area contributed by atoms with Gasteiger partial charge in [0.2, 0.25) is 0 Å². The van der Waals surface area contributed by atoms with Gasteiger partial charge in [0, 0.05) is 6.42 Å². The first kappa shape index (κ1) is 15.2. The molecule has 0 heterocycles. The molecule has 0 amide bonds. The van der Waals surface area contributed by atoms with Crippen molar-refractivity contribution in [3.63, 3.8) is 0 Å². The second-order valence-electron chi connectivity index (χ2n) is 9.09. The lowest BCUT2D eigenvalue weighted by molar-refractivity contribution is -0.137. The van der Waals surface area contributed by atoms with Gasteiger partial charge in [-0.05, 0) is 53.8 Å². The maximum Gasteiger partial charge on any atom is 0.143 e. The largest absolute Gasteiger partial charge is 0.303 e. The van der Waals surface area contributed by atoms with Crippen molar-refractivity contribution < 1.29 is 9.59 Å². The Balaban J connectivity index is 2.08. The molecule has 0 aromatic rings. The van der Waals surface area contributed by atoms with E-state index in [1.165, 1.54) is 25.7 Å². The van der Waals surface area contributed by atoms with Crippen LogP contribution in [0.15, 0.2) is 0 Å². The molecule has 3 aliphatic rings. The predicted molar refractivity (Wildman–Crippen MR) is 83.9 cm³/mol. The van der Waals surface area contributed by atoms with Crippen molar-refractivity contribution in [3.05, 3.63) is 0 Å². The Labute approximate surface area is 129 Å². The van der Waals surface area contributed by atoms with Crippen molar-refractivity contribution in [3.8, 4) is 0 Å². The molecular formula is C19H30O2. The summed E-state index contributed by atoms with van der Waals surface area (Å²) in [6.45, 7) is 9.56. The molecule has 3 rings (SSSR count). The maximum absolute atomic E-state index is 12.7. The molecule has 3 aliphatic carbocycles. The zero-order chi connectivity index (χ0) is 15.5. The van der Waals surface area contributed by atoms with Crippen LogP contribution < -0.4 is 0 Å². The highest BCUT2D eigenvalue weighted by Crippen LogP contribution is 2.72. The van der Waals surface area contributed by atoms with E-state index in [1.807, 2.05) is 0 Å². The average Bonchev–Trinajstić information content (AvgIpc) is 2.55. The van der Waals surface area contributed by atoms with Gasteiger partial charge in [0.05, 0.1) is 5.92 Å². The third kappa shape index (κ3) is 1.90. The number of aldehydes is 1. The van der Waals surface area contributed by atoms with E-state index < -0.39 is 0 Å². The molecule has 4 unspecified atom stereocenters. The zero-order valence-corrected chi connectivity index (χ0v) is 14.1. The molecule has 2 heteroatoms. The molecule has 0 radical (unpaired) electrons. The van der Waals surface area contributed by atoms with Crippen LogP contribution in [0.2, 0.25) is 0 Å². The van der Waals surface area contributed by atoms with Gasteiger partial charge in [-0.15, -0.1) is 0 Å². The molecule has 4 atom stereocenters. The standard InChI is InChI=1S/C19H30O2/c1-17(2)10-15-13-6-5-9-19(15,18(17,3)4)11-16(21)14(12-20)8-7-13/h12-15H,5-11H2,1-4H3. The second-order valence-corrected chi connectivity index (χ2v) is 9.09. The van der Waals surface area contributed by atoms with Gasteiger partial charge in [-0.3, -0.25) is 4.79 Å². The second kappa shape index (κ2) is 4.67. The highest BCUT2D eigenvalue weighted by atomic mass is 16.1. The van der Waals surface area contributed by atoms with Crippen molar-refractivity contribution in [1.29, 1.82) is 0 Å². The van der Waals surface area contributed by atoms with Crippen molar-refractivity contribution in [1.82, 2.24) is 0 Å². The summed E-state index contributed by atoms with van der Waals surface area (Å²) in [5.41, 5.74) is 0.587. The van der Waals surface area contributed by atoms with Crippen LogP contribution in [-0.4, -0.2) is 12.1 Å². The van der Waals surface area contributed by atoms with Gasteiger partial charge in [-0.2, -0.15) is 0 Å². The Hall–Kier alpha value is -0.660. The lowest BCUT2D eigenvalue weighted by atomic mass is 9.50. The van der Waals surface area contributed by atoms with Crippen molar-refractivity contribution >= 4 is 12.1 Å². The maximum atomic E-state index is 12.7. The van der Waals surface area contributed by atoms with E-state index in [1.54, 1.807) is 0 Å². The predicted octanol–water partition coefficient (Wildman–Crippen LogP) is 4.41. The number of Topliss-reactive ketones (excluding diaryl/α,β-unsaturated/α-hetero) is 1. The lowest BCUT2D eigenvalue weighted by Crippen LogP contribution is -2.49. The summed E-state index contributed by atoms with van der Waals surface area (Å²) < 4.78 is 0. The first-order valence-corrected chi connectivity index (χ1v) is 8.73. The van der Waals surface area contributed by atoms with E-state index in [-0.39, 0.29) is 27.9 Å². The van der Waals surface area contributed by atoms with Gasteiger partial charge in [-0.1, -0.05) is 40.5 Å². The molecule has 3 saturated carbocycles. The smallest absolute Gasteiger partial charge is 0.143 e. The Kier molecular flexibility index (Phi) is 3.39. The van der Waals surface area contributed by atoms with E-state index in [9.17, 15) is 9.59 Å². The summed E-state index contributed by atoms with van der Waals surface area (Å²) in [5, 5.41) is 0. The van der Waals surface area contributed by atoms with E-state index in [2.05, 4.69) is 27.7 Å². The Morgan fingerprint density at radius 3 is 2.48 bits per heavy atom. The molecule has 0 aromatic heterocycles. The van der Waals surface area contributed by atoms with Crippen molar-refractivity contribution in [2.24, 2.45) is 34.0 Å². The van der Waals surface area contributed by atoms with Crippen LogP contribution >= 0.6 is 0 Å². The lowest BCUT2D eigenvalue weighted by Gasteiger charge is -2.54. The van der Waals surface area contributed by atoms with E-state index in [0.717, 1.165) is 25.0 Å². The molecule has 0 saturated heterocycles. The van der Waals surface area contributed by atoms with Crippen molar-refractivity contribution in [2.75, 3.05) is 0 Å². The van der Waals surface area contributed by atoms with Gasteiger partial charge in [0.1, 0.15) is 12.1 Å². The Bertz CT molecular complexity index is 462. The normalized spacial score (nSPS) is 44.6. The number of ketones is 1. The summed E-state index contributed by atoms with van der Waals surface area (Å²) in [6, 6.07) is 0. The van der Waals surface area contributed by atoms with Crippen LogP contribution in [0, 0.1) is 34.0 Å². The third-order valence-electron chi connectivity index (χ3n) is 8.06. The first-order valence-electron chi connectivity index (χ1n) is 8.73. The van der Waals surface area contributed by atoms with Crippen LogP contribution in [-0.2, 0) is 9.59 Å². The van der Waals surface area contributed by atoms with Gasteiger partial charge >= 0.3 is 0 Å². The molecular weight excluding hydrogens is 260 g/mol. The molecule has 0 N–H and O–H groups in total. The van der Waals surface area contributed by atoms with Crippen LogP contribution in [0.4, 0.5) is 0 Å². The number of rotatable bonds is 1. The summed E-state index contributed by atoms with van der Waals surface area (Å²) in [4.78, 5) is 24.0. The van der Waals surface area contributed by atoms with Crippen LogP contribution in [0.5, 0.6) is 0 Å². The minimum atomic E-state index is -0.331. The summed E-state index contributed by atoms with van der Waals surface area (Å²) in [6.07, 6.45) is 8.44. The molecule has 21 heavy (non-hydrogen) atoms. The van der Waals surface area contributed by atoms with Gasteiger partial charge in [-0.25, -0.2) is 0 Å². The monoisotopic (exact) mass is 290 g/mol. The zero-order valence-electron chi connectivity index (χ0n) is 14.1. The molecule has 118 valence electrons. The number of carbonyl (C=O) groups excluding carboxylic acids is 2. The average molecular weight is 290 g/mol. The number of hydrogen-bond acceptors (Lipinski definition) is 2. The number of hydrogen-bond donors (Lipinski definition) is 0. The molecule has 2 nitrogen and oxygen atoms in total. The molecule has 3 fully saturated rings. The van der Waals surface area contributed by atoms with Gasteiger partial charge < -0.3 is 4.79 Å². The molecule has 0 spiro atoms. The molecule has 0 aliphatic heterocycles. The van der Waals surface area contributed by atoms with Gasteiger partial charge in [0.25, 0.3) is 0 Å². The Morgan fingerprint density at radius 1 is 1.10 bits per heavy atom. The van der Waals surface area contributed by atoms with Crippen LogP contribution in [0.25, 0.3) is 0 Å². The molecule has 2 bridgehead atoms. The molecule has 0 aromatic carbocycles. The minimum absolute atomic E-state index is 0.137. The van der Waals surface area contributed by atoms with Crippen LogP contribution in [0.3, 0.4) is 0 Å².